The smallest absolute Gasteiger partial charge is 0.248 e. The summed E-state index contributed by atoms with van der Waals surface area (Å²) in [7, 11) is 0. The quantitative estimate of drug-likeness (QED) is 0.785. The molecule has 3 nitrogen and oxygen atoms in total. The fraction of sp³-hybridized carbons (Fsp3) is 0.231. The van der Waals surface area contributed by atoms with Gasteiger partial charge in [-0.15, -0.1) is 6.58 Å². The van der Waals surface area contributed by atoms with E-state index in [4.69, 9.17) is 0 Å². The molecule has 1 heterocycles. The normalized spacial score (nSPS) is 12.0. The van der Waals surface area contributed by atoms with Gasteiger partial charge in [0, 0.05) is 13.0 Å². The topological polar surface area (TPSA) is 34.4 Å². The minimum absolute atomic E-state index is 0.181. The number of hydrogen-bond donors (Lipinski definition) is 0. The minimum atomic E-state index is -0.289. The molecule has 0 spiro atoms. The first-order valence-electron chi connectivity index (χ1n) is 5.63. The molecule has 0 saturated carbocycles. The summed E-state index contributed by atoms with van der Waals surface area (Å²) in [6.07, 6.45) is 2.08. The summed E-state index contributed by atoms with van der Waals surface area (Å²) in [5, 5.41) is 0. The van der Waals surface area contributed by atoms with Gasteiger partial charge in [-0.1, -0.05) is 24.3 Å². The van der Waals surface area contributed by atoms with E-state index in [0.717, 1.165) is 10.2 Å². The van der Waals surface area contributed by atoms with Gasteiger partial charge in [0.25, 0.3) is 0 Å². The highest BCUT2D eigenvalue weighted by Crippen LogP contribution is 2.18. The van der Waals surface area contributed by atoms with Crippen LogP contribution < -0.4 is 4.80 Å². The van der Waals surface area contributed by atoms with Crippen LogP contribution in [0, 0.1) is 5.82 Å². The Morgan fingerprint density at radius 2 is 2.39 bits per heavy atom. The molecule has 1 amide bonds. The highest BCUT2D eigenvalue weighted by atomic mass is 32.1. The first-order chi connectivity index (χ1) is 8.65. The fourth-order valence-corrected chi connectivity index (χ4v) is 2.71. The first-order valence-corrected chi connectivity index (χ1v) is 6.44. The SMILES string of the molecule is C=CCn1c(=NC(=O)CC)sc2cc(F)ccc21. The Balaban J connectivity index is 2.71. The van der Waals surface area contributed by atoms with Crippen molar-refractivity contribution in [2.24, 2.45) is 4.99 Å². The minimum Gasteiger partial charge on any atom is -0.313 e. The molecule has 1 aromatic carbocycles. The van der Waals surface area contributed by atoms with Crippen LogP contribution in [-0.2, 0) is 11.3 Å². The van der Waals surface area contributed by atoms with Crippen molar-refractivity contribution in [2.45, 2.75) is 19.9 Å². The summed E-state index contributed by atoms with van der Waals surface area (Å²) in [6, 6.07) is 4.55. The van der Waals surface area contributed by atoms with Crippen molar-refractivity contribution in [3.05, 3.63) is 41.5 Å². The maximum absolute atomic E-state index is 13.2. The van der Waals surface area contributed by atoms with Gasteiger partial charge in [0.15, 0.2) is 4.80 Å². The predicted octanol–water partition coefficient (Wildman–Crippen LogP) is 2.87. The van der Waals surface area contributed by atoms with Crippen LogP contribution in [0.4, 0.5) is 4.39 Å². The molecule has 0 atom stereocenters. The van der Waals surface area contributed by atoms with Crippen LogP contribution in [0.5, 0.6) is 0 Å². The molecule has 0 radical (unpaired) electrons. The molecular weight excluding hydrogens is 251 g/mol. The summed E-state index contributed by atoms with van der Waals surface area (Å²) in [5.41, 5.74) is 0.865. The van der Waals surface area contributed by atoms with Gasteiger partial charge in [-0.3, -0.25) is 4.79 Å². The number of halogens is 1. The zero-order chi connectivity index (χ0) is 13.1. The maximum Gasteiger partial charge on any atom is 0.248 e. The number of carbonyl (C=O) groups is 1. The summed E-state index contributed by atoms with van der Waals surface area (Å²) >= 11 is 1.31. The Hall–Kier alpha value is -1.75. The van der Waals surface area contributed by atoms with Crippen LogP contribution >= 0.6 is 11.3 Å². The number of hydrogen-bond acceptors (Lipinski definition) is 2. The molecule has 18 heavy (non-hydrogen) atoms. The van der Waals surface area contributed by atoms with E-state index in [9.17, 15) is 9.18 Å². The number of allylic oxidation sites excluding steroid dienone is 1. The molecule has 0 aliphatic heterocycles. The van der Waals surface area contributed by atoms with E-state index in [0.29, 0.717) is 17.8 Å². The van der Waals surface area contributed by atoms with E-state index >= 15 is 0 Å². The molecule has 0 fully saturated rings. The van der Waals surface area contributed by atoms with Crippen molar-refractivity contribution >= 4 is 27.5 Å². The van der Waals surface area contributed by atoms with E-state index < -0.39 is 0 Å². The molecule has 1 aromatic heterocycles. The summed E-state index contributed by atoms with van der Waals surface area (Å²) in [6.45, 7) is 5.99. The van der Waals surface area contributed by atoms with Crippen LogP contribution in [0.15, 0.2) is 35.8 Å². The van der Waals surface area contributed by atoms with Gasteiger partial charge in [-0.2, -0.15) is 4.99 Å². The fourth-order valence-electron chi connectivity index (χ4n) is 1.62. The average Bonchev–Trinajstić information content (AvgIpc) is 2.67. The lowest BCUT2D eigenvalue weighted by Crippen LogP contribution is -2.15. The summed E-state index contributed by atoms with van der Waals surface area (Å²) in [4.78, 5) is 16.0. The number of benzene rings is 1. The number of carbonyl (C=O) groups excluding carboxylic acids is 1. The number of amides is 1. The molecule has 0 aliphatic rings. The van der Waals surface area contributed by atoms with Crippen molar-refractivity contribution in [1.82, 2.24) is 4.57 Å². The third-order valence-electron chi connectivity index (χ3n) is 2.48. The average molecular weight is 264 g/mol. The van der Waals surface area contributed by atoms with Crippen molar-refractivity contribution in [3.63, 3.8) is 0 Å². The Kier molecular flexibility index (Phi) is 3.72. The van der Waals surface area contributed by atoms with Crippen LogP contribution in [-0.4, -0.2) is 10.5 Å². The third-order valence-corrected chi connectivity index (χ3v) is 3.52. The van der Waals surface area contributed by atoms with E-state index in [1.807, 2.05) is 4.57 Å². The van der Waals surface area contributed by atoms with E-state index in [2.05, 4.69) is 11.6 Å². The second-order valence-corrected chi connectivity index (χ2v) is 4.76. The van der Waals surface area contributed by atoms with Gasteiger partial charge in [-0.05, 0) is 18.2 Å². The molecule has 5 heteroatoms. The zero-order valence-corrected chi connectivity index (χ0v) is 10.8. The molecule has 0 saturated heterocycles. The Bertz CT molecular complexity index is 669. The first kappa shape index (κ1) is 12.7. The highest BCUT2D eigenvalue weighted by molar-refractivity contribution is 7.16. The standard InChI is InChI=1S/C13H13FN2OS/c1-3-7-16-10-6-5-9(14)8-11(10)18-13(16)15-12(17)4-2/h3,5-6,8H,1,4,7H2,2H3. The van der Waals surface area contributed by atoms with Gasteiger partial charge in [0.1, 0.15) is 5.82 Å². The number of fused-ring (bicyclic) bond motifs is 1. The van der Waals surface area contributed by atoms with Gasteiger partial charge < -0.3 is 4.57 Å². The van der Waals surface area contributed by atoms with Gasteiger partial charge >= 0.3 is 0 Å². The lowest BCUT2D eigenvalue weighted by Gasteiger charge is -2.00. The molecule has 2 aromatic rings. The van der Waals surface area contributed by atoms with E-state index in [1.165, 1.54) is 23.5 Å². The van der Waals surface area contributed by atoms with Gasteiger partial charge in [-0.25, -0.2) is 4.39 Å². The molecule has 0 bridgehead atoms. The highest BCUT2D eigenvalue weighted by Gasteiger charge is 2.07. The maximum atomic E-state index is 13.2. The Morgan fingerprint density at radius 1 is 1.61 bits per heavy atom. The lowest BCUT2D eigenvalue weighted by atomic mass is 10.3. The zero-order valence-electron chi connectivity index (χ0n) is 10.0. The number of aromatic nitrogens is 1. The molecule has 94 valence electrons. The molecule has 0 N–H and O–H groups in total. The predicted molar refractivity (Wildman–Crippen MR) is 70.8 cm³/mol. The molecule has 0 aliphatic carbocycles. The van der Waals surface area contributed by atoms with E-state index in [-0.39, 0.29) is 11.7 Å². The van der Waals surface area contributed by atoms with Gasteiger partial charge in [0.2, 0.25) is 5.91 Å². The molecule has 2 rings (SSSR count). The molecular formula is C13H13FN2OS. The van der Waals surface area contributed by atoms with Crippen molar-refractivity contribution in [1.29, 1.82) is 0 Å². The summed E-state index contributed by atoms with van der Waals surface area (Å²) < 4.78 is 15.8. The molecule has 0 unspecified atom stereocenters. The monoisotopic (exact) mass is 264 g/mol. The second kappa shape index (κ2) is 5.27. The Morgan fingerprint density at radius 3 is 3.06 bits per heavy atom. The summed E-state index contributed by atoms with van der Waals surface area (Å²) in [5.74, 6) is -0.470. The largest absolute Gasteiger partial charge is 0.313 e. The van der Waals surface area contributed by atoms with Crippen LogP contribution in [0.1, 0.15) is 13.3 Å². The van der Waals surface area contributed by atoms with Crippen molar-refractivity contribution in [3.8, 4) is 0 Å². The van der Waals surface area contributed by atoms with Crippen LogP contribution in [0.3, 0.4) is 0 Å². The third kappa shape index (κ3) is 2.41. The van der Waals surface area contributed by atoms with E-state index in [1.54, 1.807) is 19.1 Å². The van der Waals surface area contributed by atoms with Crippen LogP contribution in [0.2, 0.25) is 0 Å². The number of thiazole rings is 1. The van der Waals surface area contributed by atoms with Crippen molar-refractivity contribution in [2.75, 3.05) is 0 Å². The number of nitrogens with zero attached hydrogens (tertiary/aromatic N) is 2. The van der Waals surface area contributed by atoms with Gasteiger partial charge in [0.05, 0.1) is 10.2 Å². The lowest BCUT2D eigenvalue weighted by molar-refractivity contribution is -0.117. The number of rotatable bonds is 3. The van der Waals surface area contributed by atoms with Crippen LogP contribution in [0.25, 0.3) is 10.2 Å². The Labute approximate surface area is 108 Å². The second-order valence-electron chi connectivity index (χ2n) is 3.76. The van der Waals surface area contributed by atoms with Crippen molar-refractivity contribution < 1.29 is 9.18 Å².